The first-order valence-electron chi connectivity index (χ1n) is 7.25. The van der Waals surface area contributed by atoms with E-state index in [2.05, 4.69) is 44.9 Å². The summed E-state index contributed by atoms with van der Waals surface area (Å²) in [5.74, 6) is 0. The second-order valence-corrected chi connectivity index (χ2v) is 5.65. The number of hydrogen-bond acceptors (Lipinski definition) is 4. The molecular formula is C16H19ClN4. The smallest absolute Gasteiger partial charge is 0.133 e. The Morgan fingerprint density at radius 2 is 1.76 bits per heavy atom. The van der Waals surface area contributed by atoms with Crippen LogP contribution in [0.25, 0.3) is 0 Å². The molecule has 3 heterocycles. The number of nitrogens with zero attached hydrogens (tertiary/aromatic N) is 4. The molecule has 1 saturated heterocycles. The van der Waals surface area contributed by atoms with Gasteiger partial charge in [-0.15, -0.1) is 0 Å². The second-order valence-electron chi connectivity index (χ2n) is 5.29. The molecular weight excluding hydrogens is 284 g/mol. The Kier molecular flexibility index (Phi) is 4.36. The third-order valence-corrected chi connectivity index (χ3v) is 4.44. The van der Waals surface area contributed by atoms with Crippen LogP contribution in [0.2, 0.25) is 5.15 Å². The maximum Gasteiger partial charge on any atom is 0.133 e. The molecule has 1 fully saturated rings. The quantitative estimate of drug-likeness (QED) is 0.816. The van der Waals surface area contributed by atoms with E-state index < -0.39 is 0 Å². The zero-order chi connectivity index (χ0) is 14.7. The van der Waals surface area contributed by atoms with E-state index in [9.17, 15) is 0 Å². The minimum absolute atomic E-state index is 0.297. The van der Waals surface area contributed by atoms with Gasteiger partial charge in [-0.25, -0.2) is 4.98 Å². The predicted octanol–water partition coefficient (Wildman–Crippen LogP) is 3.01. The highest BCUT2D eigenvalue weighted by atomic mass is 35.5. The molecule has 1 unspecified atom stereocenters. The molecule has 0 amide bonds. The minimum Gasteiger partial charge on any atom is -0.369 e. The number of hydrogen-bond donors (Lipinski definition) is 0. The number of halogens is 1. The van der Waals surface area contributed by atoms with E-state index in [1.54, 1.807) is 6.20 Å². The Hall–Kier alpha value is -1.65. The molecule has 110 valence electrons. The molecule has 0 saturated carbocycles. The van der Waals surface area contributed by atoms with E-state index in [-0.39, 0.29) is 0 Å². The van der Waals surface area contributed by atoms with Crippen molar-refractivity contribution in [3.63, 3.8) is 0 Å². The first kappa shape index (κ1) is 14.3. The maximum absolute atomic E-state index is 6.21. The van der Waals surface area contributed by atoms with Gasteiger partial charge in [0.05, 0.1) is 0 Å². The Balaban J connectivity index is 1.65. The third-order valence-electron chi connectivity index (χ3n) is 4.13. The normalized spacial score (nSPS) is 17.7. The van der Waals surface area contributed by atoms with Gasteiger partial charge in [0, 0.05) is 62.1 Å². The number of pyridine rings is 2. The molecule has 4 nitrogen and oxygen atoms in total. The van der Waals surface area contributed by atoms with Crippen LogP contribution in [-0.4, -0.2) is 41.0 Å². The second kappa shape index (κ2) is 6.41. The highest BCUT2D eigenvalue weighted by Crippen LogP contribution is 2.27. The summed E-state index contributed by atoms with van der Waals surface area (Å²) in [6, 6.07) is 8.44. The highest BCUT2D eigenvalue weighted by Gasteiger charge is 2.23. The molecule has 3 rings (SSSR count). The van der Waals surface area contributed by atoms with Crippen LogP contribution in [-0.2, 0) is 0 Å². The zero-order valence-electron chi connectivity index (χ0n) is 12.1. The molecule has 1 aliphatic heterocycles. The Morgan fingerprint density at radius 1 is 1.05 bits per heavy atom. The molecule has 1 atom stereocenters. The van der Waals surface area contributed by atoms with E-state index in [0.29, 0.717) is 11.2 Å². The van der Waals surface area contributed by atoms with Crippen LogP contribution in [0.5, 0.6) is 0 Å². The number of anilines is 1. The van der Waals surface area contributed by atoms with E-state index in [0.717, 1.165) is 31.7 Å². The summed E-state index contributed by atoms with van der Waals surface area (Å²) in [5.41, 5.74) is 2.35. The van der Waals surface area contributed by atoms with Crippen LogP contribution in [0.15, 0.2) is 42.9 Å². The lowest BCUT2D eigenvalue weighted by Crippen LogP contribution is -2.47. The summed E-state index contributed by atoms with van der Waals surface area (Å²) in [4.78, 5) is 13.1. The van der Waals surface area contributed by atoms with Gasteiger partial charge in [0.25, 0.3) is 0 Å². The summed E-state index contributed by atoms with van der Waals surface area (Å²) in [5, 5.41) is 0.613. The molecule has 0 N–H and O–H groups in total. The Morgan fingerprint density at radius 3 is 2.43 bits per heavy atom. The first-order chi connectivity index (χ1) is 10.3. The van der Waals surface area contributed by atoms with Crippen molar-refractivity contribution in [3.8, 4) is 0 Å². The van der Waals surface area contributed by atoms with Crippen molar-refractivity contribution in [1.82, 2.24) is 14.9 Å². The maximum atomic E-state index is 6.21. The fourth-order valence-electron chi connectivity index (χ4n) is 2.83. The van der Waals surface area contributed by atoms with Crippen LogP contribution >= 0.6 is 11.6 Å². The van der Waals surface area contributed by atoms with Crippen LogP contribution in [0, 0.1) is 0 Å². The zero-order valence-corrected chi connectivity index (χ0v) is 12.9. The SMILES string of the molecule is CC(c1cccnc1Cl)N1CCN(c2ccncc2)CC1. The topological polar surface area (TPSA) is 32.3 Å². The molecule has 2 aromatic rings. The highest BCUT2D eigenvalue weighted by molar-refractivity contribution is 6.30. The summed E-state index contributed by atoms with van der Waals surface area (Å²) < 4.78 is 0. The molecule has 0 spiro atoms. The molecule has 21 heavy (non-hydrogen) atoms. The summed E-state index contributed by atoms with van der Waals surface area (Å²) in [7, 11) is 0. The van der Waals surface area contributed by atoms with Crippen molar-refractivity contribution >= 4 is 17.3 Å². The fourth-order valence-corrected chi connectivity index (χ4v) is 3.11. The van der Waals surface area contributed by atoms with E-state index >= 15 is 0 Å². The van der Waals surface area contributed by atoms with Gasteiger partial charge in [-0.3, -0.25) is 9.88 Å². The molecule has 1 aliphatic rings. The van der Waals surface area contributed by atoms with Crippen LogP contribution in [0.4, 0.5) is 5.69 Å². The predicted molar refractivity (Wildman–Crippen MR) is 85.7 cm³/mol. The van der Waals surface area contributed by atoms with E-state index in [1.807, 2.05) is 18.5 Å². The van der Waals surface area contributed by atoms with E-state index in [4.69, 9.17) is 11.6 Å². The standard InChI is InChI=1S/C16H19ClN4/c1-13(15-3-2-6-19-16(15)17)20-9-11-21(12-10-20)14-4-7-18-8-5-14/h2-8,13H,9-12H2,1H3. The molecule has 5 heteroatoms. The van der Waals surface area contributed by atoms with Crippen LogP contribution in [0.1, 0.15) is 18.5 Å². The molecule has 0 bridgehead atoms. The number of piperazine rings is 1. The van der Waals surface area contributed by atoms with Gasteiger partial charge in [-0.2, -0.15) is 0 Å². The largest absolute Gasteiger partial charge is 0.369 e. The summed E-state index contributed by atoms with van der Waals surface area (Å²) in [6.07, 6.45) is 5.43. The molecule has 2 aromatic heterocycles. The van der Waals surface area contributed by atoms with Gasteiger partial charge in [0.2, 0.25) is 0 Å². The monoisotopic (exact) mass is 302 g/mol. The molecule has 0 aliphatic carbocycles. The fraction of sp³-hybridized carbons (Fsp3) is 0.375. The van der Waals surface area contributed by atoms with Crippen molar-refractivity contribution in [2.24, 2.45) is 0 Å². The molecule has 0 radical (unpaired) electrons. The Labute approximate surface area is 130 Å². The minimum atomic E-state index is 0.297. The van der Waals surface area contributed by atoms with Crippen molar-refractivity contribution in [1.29, 1.82) is 0 Å². The van der Waals surface area contributed by atoms with Gasteiger partial charge in [-0.1, -0.05) is 17.7 Å². The third kappa shape index (κ3) is 3.17. The van der Waals surface area contributed by atoms with Gasteiger partial charge in [-0.05, 0) is 25.1 Å². The van der Waals surface area contributed by atoms with E-state index in [1.165, 1.54) is 5.69 Å². The van der Waals surface area contributed by atoms with Crippen molar-refractivity contribution in [2.75, 3.05) is 31.1 Å². The van der Waals surface area contributed by atoms with Gasteiger partial charge in [0.1, 0.15) is 5.15 Å². The van der Waals surface area contributed by atoms with Crippen LogP contribution in [0.3, 0.4) is 0 Å². The van der Waals surface area contributed by atoms with Crippen LogP contribution < -0.4 is 4.90 Å². The lowest BCUT2D eigenvalue weighted by atomic mass is 10.1. The number of aromatic nitrogens is 2. The van der Waals surface area contributed by atoms with Crippen molar-refractivity contribution in [3.05, 3.63) is 53.6 Å². The lowest BCUT2D eigenvalue weighted by Gasteiger charge is -2.39. The average Bonchev–Trinajstić information content (AvgIpc) is 2.56. The first-order valence-corrected chi connectivity index (χ1v) is 7.63. The van der Waals surface area contributed by atoms with Gasteiger partial charge in [0.15, 0.2) is 0 Å². The number of rotatable bonds is 3. The summed E-state index contributed by atoms with van der Waals surface area (Å²) in [6.45, 7) is 6.28. The Bertz CT molecular complexity index is 582. The average molecular weight is 303 g/mol. The van der Waals surface area contributed by atoms with Gasteiger partial charge >= 0.3 is 0 Å². The molecule has 0 aromatic carbocycles. The lowest BCUT2D eigenvalue weighted by molar-refractivity contribution is 0.198. The van der Waals surface area contributed by atoms with Crippen molar-refractivity contribution < 1.29 is 0 Å². The summed E-state index contributed by atoms with van der Waals surface area (Å²) >= 11 is 6.21. The van der Waals surface area contributed by atoms with Gasteiger partial charge < -0.3 is 4.90 Å². The van der Waals surface area contributed by atoms with Crippen molar-refractivity contribution in [2.45, 2.75) is 13.0 Å².